The Hall–Kier alpha value is -4.01. The van der Waals surface area contributed by atoms with E-state index in [-0.39, 0.29) is 23.2 Å². The number of phenols is 2. The van der Waals surface area contributed by atoms with Crippen molar-refractivity contribution in [3.05, 3.63) is 81.5 Å². The molecule has 0 saturated heterocycles. The molecule has 35 heavy (non-hydrogen) atoms. The van der Waals surface area contributed by atoms with Gasteiger partial charge < -0.3 is 14.9 Å². The Balaban J connectivity index is 1.64. The van der Waals surface area contributed by atoms with Crippen molar-refractivity contribution in [2.24, 2.45) is 0 Å². The second kappa shape index (κ2) is 8.98. The number of thiophene rings is 1. The maximum absolute atomic E-state index is 13.8. The summed E-state index contributed by atoms with van der Waals surface area (Å²) in [6.07, 6.45) is 0. The first kappa shape index (κ1) is 22.8. The summed E-state index contributed by atoms with van der Waals surface area (Å²) in [4.78, 5) is 29.2. The summed E-state index contributed by atoms with van der Waals surface area (Å²) >= 11 is 2.70. The summed E-state index contributed by atoms with van der Waals surface area (Å²) in [5.41, 5.74) is 4.45. The van der Waals surface area contributed by atoms with Crippen LogP contribution in [-0.4, -0.2) is 27.5 Å². The minimum absolute atomic E-state index is 0.123. The fourth-order valence-electron chi connectivity index (χ4n) is 4.22. The summed E-state index contributed by atoms with van der Waals surface area (Å²) in [6.45, 7) is 3.96. The molecule has 0 aliphatic heterocycles. The Bertz CT molecular complexity index is 1580. The van der Waals surface area contributed by atoms with E-state index < -0.39 is 0 Å². The van der Waals surface area contributed by atoms with Crippen LogP contribution in [0.3, 0.4) is 0 Å². The predicted octanol–water partition coefficient (Wildman–Crippen LogP) is 6.49. The summed E-state index contributed by atoms with van der Waals surface area (Å²) in [6, 6.07) is 16.0. The molecule has 174 valence electrons. The molecule has 6 nitrogen and oxygen atoms in total. The molecule has 0 bridgehead atoms. The first-order valence-electron chi connectivity index (χ1n) is 10.6. The topological polar surface area (TPSA) is 96.7 Å². The maximum atomic E-state index is 13.8. The molecule has 0 amide bonds. The number of thiazole rings is 1. The van der Waals surface area contributed by atoms with Crippen molar-refractivity contribution in [3.63, 3.8) is 0 Å². The van der Waals surface area contributed by atoms with Crippen LogP contribution in [0.4, 0.5) is 0 Å². The van der Waals surface area contributed by atoms with Crippen molar-refractivity contribution in [1.29, 1.82) is 0 Å². The average Bonchev–Trinajstić information content (AvgIpc) is 3.43. The lowest BCUT2D eigenvalue weighted by Gasteiger charge is -2.11. The zero-order valence-electron chi connectivity index (χ0n) is 18.7. The van der Waals surface area contributed by atoms with Gasteiger partial charge in [-0.2, -0.15) is 0 Å². The van der Waals surface area contributed by atoms with Crippen LogP contribution in [0.5, 0.6) is 17.4 Å². The van der Waals surface area contributed by atoms with Gasteiger partial charge in [0.05, 0.1) is 10.3 Å². The van der Waals surface area contributed by atoms with Crippen LogP contribution < -0.4 is 4.74 Å². The van der Waals surface area contributed by atoms with Crippen LogP contribution in [0.2, 0.25) is 0 Å². The van der Waals surface area contributed by atoms with E-state index in [1.807, 2.05) is 44.2 Å². The lowest BCUT2D eigenvalue weighted by Crippen LogP contribution is -2.06. The van der Waals surface area contributed by atoms with E-state index in [1.54, 1.807) is 29.6 Å². The second-order valence-corrected chi connectivity index (χ2v) is 9.96. The number of carbonyl (C=O) groups is 2. The highest BCUT2D eigenvalue weighted by Crippen LogP contribution is 2.42. The van der Waals surface area contributed by atoms with E-state index >= 15 is 0 Å². The summed E-state index contributed by atoms with van der Waals surface area (Å²) in [5, 5.41) is 23.2. The molecule has 2 N–H and O–H groups in total. The number of hydrogen-bond donors (Lipinski definition) is 2. The summed E-state index contributed by atoms with van der Waals surface area (Å²) in [7, 11) is 0. The molecular weight excluding hydrogens is 482 g/mol. The molecule has 0 fully saturated rings. The lowest BCUT2D eigenvalue weighted by atomic mass is 9.93. The van der Waals surface area contributed by atoms with Crippen LogP contribution in [0.15, 0.2) is 60.0 Å². The second-order valence-electron chi connectivity index (χ2n) is 8.05. The van der Waals surface area contributed by atoms with Crippen LogP contribution in [0, 0.1) is 13.8 Å². The number of phenolic OH excluding ortho intramolecular Hbond substituents is 2. The van der Waals surface area contributed by atoms with Gasteiger partial charge in [-0.05, 0) is 60.9 Å². The normalized spacial score (nSPS) is 11.0. The number of aromatic hydroxyl groups is 2. The van der Waals surface area contributed by atoms with E-state index in [0.717, 1.165) is 26.8 Å². The number of rotatable bonds is 6. The van der Waals surface area contributed by atoms with E-state index in [1.165, 1.54) is 22.7 Å². The fraction of sp³-hybridized carbons (Fsp3) is 0.0741. The van der Waals surface area contributed by atoms with E-state index in [9.17, 15) is 19.8 Å². The molecule has 2 aromatic heterocycles. The molecule has 0 aliphatic rings. The highest BCUT2D eigenvalue weighted by Gasteiger charge is 2.24. The number of ketones is 1. The smallest absolute Gasteiger partial charge is 0.299 e. The third-order valence-corrected chi connectivity index (χ3v) is 7.72. The maximum Gasteiger partial charge on any atom is 0.299 e. The zero-order valence-corrected chi connectivity index (χ0v) is 20.4. The third-order valence-electron chi connectivity index (χ3n) is 5.70. The Labute approximate surface area is 208 Å². The molecule has 0 aliphatic carbocycles. The van der Waals surface area contributed by atoms with Crippen LogP contribution in [0.1, 0.15) is 26.4 Å². The van der Waals surface area contributed by atoms with Crippen molar-refractivity contribution < 1.29 is 24.5 Å². The number of ether oxygens (including phenoxy) is 1. The van der Waals surface area contributed by atoms with Gasteiger partial charge in [0.15, 0.2) is 0 Å². The van der Waals surface area contributed by atoms with Gasteiger partial charge in [0.1, 0.15) is 16.5 Å². The SMILES string of the molecule is Cc1cc(O)cc(C)c1C(=O)c1sc2cc(O)ccc2c1-c1ccc(-c2nc(OC=O)cs2)cc1. The summed E-state index contributed by atoms with van der Waals surface area (Å²) < 4.78 is 5.61. The minimum atomic E-state index is -0.129. The predicted molar refractivity (Wildman–Crippen MR) is 138 cm³/mol. The first-order valence-corrected chi connectivity index (χ1v) is 12.3. The third kappa shape index (κ3) is 4.18. The fourth-order valence-corrected chi connectivity index (χ4v) is 6.16. The van der Waals surface area contributed by atoms with Gasteiger partial charge in [-0.1, -0.05) is 24.3 Å². The van der Waals surface area contributed by atoms with Gasteiger partial charge in [-0.3, -0.25) is 9.59 Å². The number of fused-ring (bicyclic) bond motifs is 1. The molecule has 5 rings (SSSR count). The van der Waals surface area contributed by atoms with Gasteiger partial charge in [0.2, 0.25) is 11.7 Å². The minimum Gasteiger partial charge on any atom is -0.508 e. The molecule has 0 radical (unpaired) electrons. The van der Waals surface area contributed by atoms with Crippen molar-refractivity contribution in [2.45, 2.75) is 13.8 Å². The number of aryl methyl sites for hydroxylation is 2. The lowest BCUT2D eigenvalue weighted by molar-refractivity contribution is -0.120. The van der Waals surface area contributed by atoms with E-state index in [2.05, 4.69) is 4.98 Å². The van der Waals surface area contributed by atoms with Gasteiger partial charge in [-0.25, -0.2) is 4.98 Å². The van der Waals surface area contributed by atoms with Gasteiger partial charge in [0.25, 0.3) is 6.47 Å². The highest BCUT2D eigenvalue weighted by atomic mass is 32.1. The number of nitrogens with zero attached hydrogens (tertiary/aromatic N) is 1. The van der Waals surface area contributed by atoms with Crippen molar-refractivity contribution in [1.82, 2.24) is 4.98 Å². The monoisotopic (exact) mass is 501 g/mol. The average molecular weight is 502 g/mol. The quantitative estimate of drug-likeness (QED) is 0.204. The van der Waals surface area contributed by atoms with Crippen molar-refractivity contribution in [3.8, 4) is 39.1 Å². The zero-order chi connectivity index (χ0) is 24.7. The van der Waals surface area contributed by atoms with Crippen molar-refractivity contribution >= 4 is 45.0 Å². The van der Waals surface area contributed by atoms with E-state index in [4.69, 9.17) is 4.74 Å². The van der Waals surface area contributed by atoms with E-state index in [0.29, 0.717) is 33.0 Å². The number of aromatic nitrogens is 1. The van der Waals surface area contributed by atoms with Crippen LogP contribution in [-0.2, 0) is 4.79 Å². The molecule has 0 saturated carbocycles. The molecule has 0 atom stereocenters. The largest absolute Gasteiger partial charge is 0.508 e. The van der Waals surface area contributed by atoms with Gasteiger partial charge in [0, 0.05) is 26.8 Å². The highest BCUT2D eigenvalue weighted by molar-refractivity contribution is 7.21. The molecular formula is C27H19NO5S2. The first-order chi connectivity index (χ1) is 16.9. The molecule has 5 aromatic rings. The Morgan fingerprint density at radius 2 is 1.63 bits per heavy atom. The van der Waals surface area contributed by atoms with Crippen LogP contribution >= 0.6 is 22.7 Å². The number of benzene rings is 3. The van der Waals surface area contributed by atoms with Crippen molar-refractivity contribution in [2.75, 3.05) is 0 Å². The van der Waals surface area contributed by atoms with Gasteiger partial charge >= 0.3 is 0 Å². The standard InChI is InChI=1S/C27H19NO5S2/c1-14-9-19(31)10-15(2)23(14)25(32)26-24(20-8-7-18(30)11-21(20)35-26)16-3-5-17(6-4-16)27-28-22(12-34-27)33-13-29/h3-13,30-31H,1-2H3. The Kier molecular flexibility index (Phi) is 5.84. The molecule has 8 heteroatoms. The molecule has 3 aromatic carbocycles. The number of carbonyl (C=O) groups excluding carboxylic acids is 2. The summed E-state index contributed by atoms with van der Waals surface area (Å²) in [5.74, 6) is 0.377. The molecule has 2 heterocycles. The van der Waals surface area contributed by atoms with Crippen LogP contribution in [0.25, 0.3) is 31.8 Å². The molecule has 0 unspecified atom stereocenters. The Morgan fingerprint density at radius 3 is 2.31 bits per heavy atom. The number of hydrogen-bond acceptors (Lipinski definition) is 8. The molecule has 0 spiro atoms. The Morgan fingerprint density at radius 1 is 0.943 bits per heavy atom. The van der Waals surface area contributed by atoms with Gasteiger partial charge in [-0.15, -0.1) is 22.7 Å².